The topological polar surface area (TPSA) is 50.9 Å². The van der Waals surface area contributed by atoms with Gasteiger partial charge in [0.1, 0.15) is 0 Å². The van der Waals surface area contributed by atoms with Crippen molar-refractivity contribution in [2.45, 2.75) is 45.1 Å². The molecular formula is C15H21N3S. The van der Waals surface area contributed by atoms with Crippen LogP contribution in [0.25, 0.3) is 10.2 Å². The van der Waals surface area contributed by atoms with Crippen LogP contribution in [0.15, 0.2) is 24.3 Å². The van der Waals surface area contributed by atoms with Crippen LogP contribution in [0, 0.1) is 5.41 Å². The van der Waals surface area contributed by atoms with E-state index in [0.29, 0.717) is 11.5 Å². The molecule has 0 aliphatic heterocycles. The van der Waals surface area contributed by atoms with Gasteiger partial charge < -0.3 is 0 Å². The first-order valence-corrected chi connectivity index (χ1v) is 7.83. The molecule has 1 aromatic carbocycles. The third-order valence-corrected chi connectivity index (χ3v) is 5.56. The molecule has 1 aliphatic rings. The lowest BCUT2D eigenvalue weighted by atomic mass is 9.79. The SMILES string of the molecule is CC1(C(Cc2nc3ccccc3s2)NN)CCCC1. The first kappa shape index (κ1) is 13.0. The molecule has 1 unspecified atom stereocenters. The van der Waals surface area contributed by atoms with Crippen molar-refractivity contribution in [2.24, 2.45) is 11.3 Å². The van der Waals surface area contributed by atoms with E-state index < -0.39 is 0 Å². The zero-order valence-electron chi connectivity index (χ0n) is 11.4. The Morgan fingerprint density at radius 2 is 2.11 bits per heavy atom. The summed E-state index contributed by atoms with van der Waals surface area (Å²) in [7, 11) is 0. The van der Waals surface area contributed by atoms with E-state index in [2.05, 4.69) is 30.5 Å². The predicted octanol–water partition coefficient (Wildman–Crippen LogP) is 3.25. The molecule has 0 bridgehead atoms. The molecule has 19 heavy (non-hydrogen) atoms. The van der Waals surface area contributed by atoms with Gasteiger partial charge in [0.15, 0.2) is 0 Å². The second kappa shape index (κ2) is 5.19. The van der Waals surface area contributed by atoms with E-state index in [0.717, 1.165) is 11.9 Å². The highest BCUT2D eigenvalue weighted by Crippen LogP contribution is 2.41. The average Bonchev–Trinajstić information content (AvgIpc) is 3.02. The Balaban J connectivity index is 1.82. The van der Waals surface area contributed by atoms with Gasteiger partial charge in [-0.15, -0.1) is 11.3 Å². The third-order valence-electron chi connectivity index (χ3n) is 4.51. The molecule has 1 heterocycles. The van der Waals surface area contributed by atoms with Gasteiger partial charge in [-0.2, -0.15) is 0 Å². The normalized spacial score (nSPS) is 19.9. The summed E-state index contributed by atoms with van der Waals surface area (Å²) in [5.41, 5.74) is 4.48. The summed E-state index contributed by atoms with van der Waals surface area (Å²) in [5.74, 6) is 5.81. The van der Waals surface area contributed by atoms with Gasteiger partial charge >= 0.3 is 0 Å². The highest BCUT2D eigenvalue weighted by atomic mass is 32.1. The molecule has 3 N–H and O–H groups in total. The van der Waals surface area contributed by atoms with Gasteiger partial charge in [-0.05, 0) is 30.4 Å². The summed E-state index contributed by atoms with van der Waals surface area (Å²) in [6.45, 7) is 2.36. The van der Waals surface area contributed by atoms with Crippen LogP contribution >= 0.6 is 11.3 Å². The van der Waals surface area contributed by atoms with Gasteiger partial charge in [0.25, 0.3) is 0 Å². The highest BCUT2D eigenvalue weighted by Gasteiger charge is 2.36. The number of fused-ring (bicyclic) bond motifs is 1. The minimum Gasteiger partial charge on any atom is -0.271 e. The van der Waals surface area contributed by atoms with Crippen LogP contribution in [0.2, 0.25) is 0 Å². The first-order chi connectivity index (χ1) is 9.21. The highest BCUT2D eigenvalue weighted by molar-refractivity contribution is 7.18. The molecule has 1 fully saturated rings. The maximum absolute atomic E-state index is 5.81. The maximum Gasteiger partial charge on any atom is 0.0954 e. The van der Waals surface area contributed by atoms with Crippen molar-refractivity contribution < 1.29 is 0 Å². The molecule has 2 aromatic rings. The van der Waals surface area contributed by atoms with Crippen molar-refractivity contribution in [1.82, 2.24) is 10.4 Å². The van der Waals surface area contributed by atoms with Crippen molar-refractivity contribution in [3.63, 3.8) is 0 Å². The molecule has 0 amide bonds. The summed E-state index contributed by atoms with van der Waals surface area (Å²) in [5, 5.41) is 1.19. The Kier molecular flexibility index (Phi) is 3.56. The molecule has 1 aromatic heterocycles. The van der Waals surface area contributed by atoms with Crippen molar-refractivity contribution in [3.8, 4) is 0 Å². The van der Waals surface area contributed by atoms with Crippen molar-refractivity contribution in [1.29, 1.82) is 0 Å². The Morgan fingerprint density at radius 3 is 2.79 bits per heavy atom. The Bertz CT molecular complexity index is 524. The van der Waals surface area contributed by atoms with Gasteiger partial charge in [-0.25, -0.2) is 4.98 Å². The minimum atomic E-state index is 0.326. The number of hydrogen-bond acceptors (Lipinski definition) is 4. The van der Waals surface area contributed by atoms with E-state index in [1.54, 1.807) is 11.3 Å². The first-order valence-electron chi connectivity index (χ1n) is 7.02. The van der Waals surface area contributed by atoms with Gasteiger partial charge in [0.2, 0.25) is 0 Å². The van der Waals surface area contributed by atoms with E-state index in [-0.39, 0.29) is 0 Å². The fourth-order valence-electron chi connectivity index (χ4n) is 3.22. The van der Waals surface area contributed by atoms with Crippen LogP contribution in [0.1, 0.15) is 37.6 Å². The molecule has 0 spiro atoms. The van der Waals surface area contributed by atoms with Gasteiger partial charge in [-0.1, -0.05) is 31.9 Å². The molecule has 1 saturated carbocycles. The summed E-state index contributed by atoms with van der Waals surface area (Å²) in [6.07, 6.45) is 6.13. The minimum absolute atomic E-state index is 0.326. The number of benzene rings is 1. The number of rotatable bonds is 4. The van der Waals surface area contributed by atoms with Crippen molar-refractivity contribution in [3.05, 3.63) is 29.3 Å². The molecule has 4 heteroatoms. The second-order valence-corrected chi connectivity index (χ2v) is 6.98. The standard InChI is InChI=1S/C15H21N3S/c1-15(8-4-5-9-15)13(18-16)10-14-17-11-6-2-3-7-12(11)19-14/h2-3,6-7,13,18H,4-5,8-10,16H2,1H3. The number of para-hydroxylation sites is 1. The van der Waals surface area contributed by atoms with Gasteiger partial charge in [-0.3, -0.25) is 11.3 Å². The summed E-state index contributed by atoms with van der Waals surface area (Å²) in [6, 6.07) is 8.66. The van der Waals surface area contributed by atoms with E-state index in [1.165, 1.54) is 35.4 Å². The Morgan fingerprint density at radius 1 is 1.37 bits per heavy atom. The molecule has 3 nitrogen and oxygen atoms in total. The lowest BCUT2D eigenvalue weighted by molar-refractivity contribution is 0.221. The average molecular weight is 275 g/mol. The predicted molar refractivity (Wildman–Crippen MR) is 81.0 cm³/mol. The van der Waals surface area contributed by atoms with E-state index in [1.807, 2.05) is 6.07 Å². The van der Waals surface area contributed by atoms with Crippen molar-refractivity contribution in [2.75, 3.05) is 0 Å². The van der Waals surface area contributed by atoms with E-state index in [9.17, 15) is 0 Å². The molecule has 1 aliphatic carbocycles. The number of nitrogens with one attached hydrogen (secondary N) is 1. The number of hydrazine groups is 1. The van der Waals surface area contributed by atoms with Crippen LogP contribution < -0.4 is 11.3 Å². The maximum atomic E-state index is 5.81. The van der Waals surface area contributed by atoms with Crippen LogP contribution in [-0.4, -0.2) is 11.0 Å². The van der Waals surface area contributed by atoms with Crippen molar-refractivity contribution >= 4 is 21.6 Å². The number of thiazole rings is 1. The molecule has 1 atom stereocenters. The largest absolute Gasteiger partial charge is 0.271 e. The third kappa shape index (κ3) is 2.53. The summed E-state index contributed by atoms with van der Waals surface area (Å²) < 4.78 is 1.27. The quantitative estimate of drug-likeness (QED) is 0.665. The zero-order chi connectivity index (χ0) is 13.3. The fourth-order valence-corrected chi connectivity index (χ4v) is 4.23. The fraction of sp³-hybridized carbons (Fsp3) is 0.533. The van der Waals surface area contributed by atoms with Crippen LogP contribution in [0.3, 0.4) is 0 Å². The number of nitrogens with two attached hydrogens (primary N) is 1. The van der Waals surface area contributed by atoms with E-state index in [4.69, 9.17) is 10.8 Å². The molecule has 0 saturated heterocycles. The number of hydrogen-bond donors (Lipinski definition) is 2. The second-order valence-electron chi connectivity index (χ2n) is 5.86. The Labute approximate surface area is 118 Å². The van der Waals surface area contributed by atoms with Crippen LogP contribution in [-0.2, 0) is 6.42 Å². The molecule has 102 valence electrons. The molecule has 3 rings (SSSR count). The lowest BCUT2D eigenvalue weighted by Gasteiger charge is -2.33. The molecular weight excluding hydrogens is 254 g/mol. The monoisotopic (exact) mass is 275 g/mol. The number of aromatic nitrogens is 1. The Hall–Kier alpha value is -0.970. The molecule has 0 radical (unpaired) electrons. The number of nitrogens with zero attached hydrogens (tertiary/aromatic N) is 1. The zero-order valence-corrected chi connectivity index (χ0v) is 12.2. The van der Waals surface area contributed by atoms with Gasteiger partial charge in [0.05, 0.1) is 15.2 Å². The van der Waals surface area contributed by atoms with E-state index >= 15 is 0 Å². The smallest absolute Gasteiger partial charge is 0.0954 e. The van der Waals surface area contributed by atoms with Crippen LogP contribution in [0.5, 0.6) is 0 Å². The van der Waals surface area contributed by atoms with Gasteiger partial charge in [0, 0.05) is 12.5 Å². The lowest BCUT2D eigenvalue weighted by Crippen LogP contribution is -2.47. The summed E-state index contributed by atoms with van der Waals surface area (Å²) >= 11 is 1.79. The van der Waals surface area contributed by atoms with Crippen LogP contribution in [0.4, 0.5) is 0 Å². The summed E-state index contributed by atoms with van der Waals surface area (Å²) in [4.78, 5) is 4.73.